The highest BCUT2D eigenvalue weighted by molar-refractivity contribution is 6.00. The number of imide groups is 1. The van der Waals surface area contributed by atoms with Crippen molar-refractivity contribution in [1.82, 2.24) is 10.4 Å². The zero-order chi connectivity index (χ0) is 13.5. The van der Waals surface area contributed by atoms with Gasteiger partial charge in [-0.1, -0.05) is 20.3 Å². The number of carbonyl (C=O) groups excluding carboxylic acids is 3. The molecule has 0 spiro atoms. The van der Waals surface area contributed by atoms with E-state index in [9.17, 15) is 14.4 Å². The summed E-state index contributed by atoms with van der Waals surface area (Å²) in [5.74, 6) is -0.497. The van der Waals surface area contributed by atoms with Gasteiger partial charge in [-0.25, -0.2) is 9.63 Å². The van der Waals surface area contributed by atoms with E-state index in [1.54, 1.807) is 0 Å². The van der Waals surface area contributed by atoms with Crippen LogP contribution in [0.4, 0.5) is 4.79 Å². The molecule has 7 nitrogen and oxygen atoms in total. The maximum Gasteiger partial charge on any atom is 0.409 e. The highest BCUT2D eigenvalue weighted by atomic mass is 16.7. The first-order chi connectivity index (χ1) is 8.54. The second kappa shape index (κ2) is 6.95. The number of hydrogen-bond donors (Lipinski definition) is 1. The number of amides is 3. The Bertz CT molecular complexity index is 315. The number of ether oxygens (including phenoxy) is 1. The van der Waals surface area contributed by atoms with Crippen LogP contribution >= 0.6 is 0 Å². The predicted molar refractivity (Wildman–Crippen MR) is 61.0 cm³/mol. The summed E-state index contributed by atoms with van der Waals surface area (Å²) < 4.78 is 4.89. The van der Waals surface area contributed by atoms with Crippen LogP contribution in [0.3, 0.4) is 0 Å². The van der Waals surface area contributed by atoms with Crippen molar-refractivity contribution in [1.29, 1.82) is 0 Å². The summed E-state index contributed by atoms with van der Waals surface area (Å²) in [6, 6.07) is 0. The molecule has 1 unspecified atom stereocenters. The van der Waals surface area contributed by atoms with Gasteiger partial charge in [-0.15, -0.1) is 0 Å². The molecule has 7 heteroatoms. The first kappa shape index (κ1) is 14.4. The van der Waals surface area contributed by atoms with Crippen LogP contribution in [-0.4, -0.2) is 36.3 Å². The van der Waals surface area contributed by atoms with Crippen molar-refractivity contribution >= 4 is 17.9 Å². The van der Waals surface area contributed by atoms with E-state index < -0.39 is 17.9 Å². The molecule has 1 fully saturated rings. The van der Waals surface area contributed by atoms with Gasteiger partial charge in [0.25, 0.3) is 11.8 Å². The minimum absolute atomic E-state index is 0.150. The second-order valence-electron chi connectivity index (χ2n) is 4.14. The van der Waals surface area contributed by atoms with E-state index >= 15 is 0 Å². The quantitative estimate of drug-likeness (QED) is 0.562. The summed E-state index contributed by atoms with van der Waals surface area (Å²) >= 11 is 0. The molecule has 1 aliphatic rings. The number of nitrogens with zero attached hydrogens (tertiary/aromatic N) is 1. The lowest BCUT2D eigenvalue weighted by Crippen LogP contribution is -2.36. The molecule has 1 N–H and O–H groups in total. The van der Waals surface area contributed by atoms with Gasteiger partial charge < -0.3 is 4.74 Å². The van der Waals surface area contributed by atoms with Gasteiger partial charge in [-0.3, -0.25) is 14.9 Å². The van der Waals surface area contributed by atoms with Crippen molar-refractivity contribution < 1.29 is 24.0 Å². The summed E-state index contributed by atoms with van der Waals surface area (Å²) in [5.41, 5.74) is 0. The smallest absolute Gasteiger partial charge is 0.409 e. The standard InChI is InChI=1S/C11H18N2O5/c1-3-8(2)6-17-11(16)12-7-18-13-9(14)4-5-10(13)15/h8H,3-7H2,1-2H3,(H,12,16). The highest BCUT2D eigenvalue weighted by Gasteiger charge is 2.30. The molecule has 0 radical (unpaired) electrons. The number of hydrogen-bond acceptors (Lipinski definition) is 5. The zero-order valence-electron chi connectivity index (χ0n) is 10.6. The fourth-order valence-electron chi connectivity index (χ4n) is 1.24. The van der Waals surface area contributed by atoms with Crippen molar-refractivity contribution in [3.63, 3.8) is 0 Å². The van der Waals surface area contributed by atoms with Crippen molar-refractivity contribution in [3.8, 4) is 0 Å². The van der Waals surface area contributed by atoms with Crippen LogP contribution < -0.4 is 5.32 Å². The molecule has 0 bridgehead atoms. The Hall–Kier alpha value is -1.63. The first-order valence-electron chi connectivity index (χ1n) is 5.94. The van der Waals surface area contributed by atoms with Crippen molar-refractivity contribution in [2.45, 2.75) is 33.1 Å². The lowest BCUT2D eigenvalue weighted by molar-refractivity contribution is -0.189. The molecule has 102 valence electrons. The molecule has 1 saturated heterocycles. The number of carbonyl (C=O) groups is 3. The molecule has 3 amide bonds. The van der Waals surface area contributed by atoms with Crippen LogP contribution in [0.2, 0.25) is 0 Å². The van der Waals surface area contributed by atoms with Gasteiger partial charge in [0.05, 0.1) is 6.61 Å². The van der Waals surface area contributed by atoms with Crippen LogP contribution in [0.15, 0.2) is 0 Å². The number of rotatable bonds is 6. The number of hydroxylamine groups is 2. The lowest BCUT2D eigenvalue weighted by Gasteiger charge is -2.14. The van der Waals surface area contributed by atoms with E-state index in [1.165, 1.54) is 0 Å². The van der Waals surface area contributed by atoms with E-state index in [4.69, 9.17) is 9.57 Å². The molecule has 18 heavy (non-hydrogen) atoms. The van der Waals surface area contributed by atoms with Gasteiger partial charge in [-0.2, -0.15) is 5.06 Å². The Morgan fingerprint density at radius 3 is 2.56 bits per heavy atom. The van der Waals surface area contributed by atoms with Crippen LogP contribution in [0.1, 0.15) is 33.1 Å². The summed E-state index contributed by atoms with van der Waals surface area (Å²) in [7, 11) is 0. The van der Waals surface area contributed by atoms with Gasteiger partial charge in [0.2, 0.25) is 0 Å². The van der Waals surface area contributed by atoms with E-state index in [0.717, 1.165) is 6.42 Å². The summed E-state index contributed by atoms with van der Waals surface area (Å²) in [5, 5.41) is 2.98. The number of alkyl carbamates (subject to hydrolysis) is 1. The molecule has 1 aliphatic heterocycles. The first-order valence-corrected chi connectivity index (χ1v) is 5.94. The van der Waals surface area contributed by atoms with Gasteiger partial charge in [0, 0.05) is 12.8 Å². The fourth-order valence-corrected chi connectivity index (χ4v) is 1.24. The molecule has 0 aromatic carbocycles. The molecule has 0 aromatic rings. The summed E-state index contributed by atoms with van der Waals surface area (Å²) in [6.07, 6.45) is 0.587. The van der Waals surface area contributed by atoms with Crippen LogP contribution in [-0.2, 0) is 19.2 Å². The Labute approximate surface area is 105 Å². The third-order valence-corrected chi connectivity index (χ3v) is 2.61. The highest BCUT2D eigenvalue weighted by Crippen LogP contribution is 2.11. The summed E-state index contributed by atoms with van der Waals surface area (Å²) in [6.45, 7) is 4.02. The molecule has 1 heterocycles. The third-order valence-electron chi connectivity index (χ3n) is 2.61. The topological polar surface area (TPSA) is 84.9 Å². The normalized spacial score (nSPS) is 16.9. The maximum absolute atomic E-state index is 11.2. The van der Waals surface area contributed by atoms with Crippen molar-refractivity contribution in [2.24, 2.45) is 5.92 Å². The monoisotopic (exact) mass is 258 g/mol. The van der Waals surface area contributed by atoms with Gasteiger partial charge in [0.15, 0.2) is 0 Å². The van der Waals surface area contributed by atoms with Crippen LogP contribution in [0.25, 0.3) is 0 Å². The fraction of sp³-hybridized carbons (Fsp3) is 0.727. The molecular weight excluding hydrogens is 240 g/mol. The Balaban J connectivity index is 2.15. The molecule has 1 rings (SSSR count). The lowest BCUT2D eigenvalue weighted by atomic mass is 10.1. The Kier molecular flexibility index (Phi) is 5.57. The third kappa shape index (κ3) is 4.33. The van der Waals surface area contributed by atoms with E-state index in [1.807, 2.05) is 13.8 Å². The summed E-state index contributed by atoms with van der Waals surface area (Å²) in [4.78, 5) is 38.4. The molecule has 0 saturated carbocycles. The van der Waals surface area contributed by atoms with Crippen LogP contribution in [0, 0.1) is 5.92 Å². The van der Waals surface area contributed by atoms with Crippen molar-refractivity contribution in [2.75, 3.05) is 13.3 Å². The van der Waals surface area contributed by atoms with Crippen molar-refractivity contribution in [3.05, 3.63) is 0 Å². The molecule has 0 aromatic heterocycles. The SMILES string of the molecule is CCC(C)COC(=O)NCON1C(=O)CCC1=O. The van der Waals surface area contributed by atoms with Gasteiger partial charge >= 0.3 is 6.09 Å². The minimum atomic E-state index is -0.630. The molecule has 1 atom stereocenters. The average molecular weight is 258 g/mol. The van der Waals surface area contributed by atoms with E-state index in [-0.39, 0.29) is 19.6 Å². The minimum Gasteiger partial charge on any atom is -0.449 e. The molecular formula is C11H18N2O5. The predicted octanol–water partition coefficient (Wildman–Crippen LogP) is 0.797. The van der Waals surface area contributed by atoms with Gasteiger partial charge in [0.1, 0.15) is 6.73 Å². The van der Waals surface area contributed by atoms with Crippen LogP contribution in [0.5, 0.6) is 0 Å². The average Bonchev–Trinajstić information content (AvgIpc) is 2.67. The van der Waals surface area contributed by atoms with Gasteiger partial charge in [-0.05, 0) is 5.92 Å². The zero-order valence-corrected chi connectivity index (χ0v) is 10.6. The Morgan fingerprint density at radius 1 is 1.39 bits per heavy atom. The second-order valence-corrected chi connectivity index (χ2v) is 4.14. The van der Waals surface area contributed by atoms with E-state index in [2.05, 4.69) is 5.32 Å². The largest absolute Gasteiger partial charge is 0.449 e. The molecule has 0 aliphatic carbocycles. The Morgan fingerprint density at radius 2 is 2.00 bits per heavy atom. The maximum atomic E-state index is 11.2. The van der Waals surface area contributed by atoms with E-state index in [0.29, 0.717) is 17.6 Å². The number of nitrogens with one attached hydrogen (secondary N) is 1.